The Morgan fingerprint density at radius 2 is 1.59 bits per heavy atom. The smallest absolute Gasteiger partial charge is 0.361 e. The number of hydrogen-bond acceptors (Lipinski definition) is 5. The zero-order chi connectivity index (χ0) is 25.4. The van der Waals surface area contributed by atoms with E-state index in [1.807, 2.05) is 54.6 Å². The number of rotatable bonds is 6. The summed E-state index contributed by atoms with van der Waals surface area (Å²) in [5.41, 5.74) is 3.79. The Morgan fingerprint density at radius 3 is 2.35 bits per heavy atom. The van der Waals surface area contributed by atoms with Crippen molar-refractivity contribution in [2.45, 2.75) is 19.3 Å². The number of H-pyrrole nitrogens is 1. The van der Waals surface area contributed by atoms with Crippen molar-refractivity contribution in [1.29, 1.82) is 0 Å². The van der Waals surface area contributed by atoms with Gasteiger partial charge in [0, 0.05) is 5.56 Å². The van der Waals surface area contributed by atoms with Gasteiger partial charge in [0.05, 0.1) is 36.0 Å². The van der Waals surface area contributed by atoms with E-state index in [1.54, 1.807) is 10.9 Å². The first-order chi connectivity index (χ1) is 17.9. The highest BCUT2D eigenvalue weighted by molar-refractivity contribution is 5.85. The maximum atomic E-state index is 13.0. The van der Waals surface area contributed by atoms with E-state index in [-0.39, 0.29) is 0 Å². The molecule has 0 amide bonds. The molecule has 3 aromatic heterocycles. The van der Waals surface area contributed by atoms with Crippen LogP contribution >= 0.6 is 0 Å². The number of fused-ring (bicyclic) bond motifs is 2. The molecule has 0 aliphatic rings. The Balaban J connectivity index is 1.36. The first kappa shape index (κ1) is 22.7. The lowest BCUT2D eigenvalue weighted by Crippen LogP contribution is -2.07. The molecule has 6 rings (SSSR count). The van der Waals surface area contributed by atoms with Crippen LogP contribution in [0.3, 0.4) is 0 Å². The summed E-state index contributed by atoms with van der Waals surface area (Å²) in [6, 6.07) is 22.4. The van der Waals surface area contributed by atoms with E-state index in [4.69, 9.17) is 9.97 Å². The van der Waals surface area contributed by atoms with Crippen LogP contribution in [0.1, 0.15) is 17.0 Å². The van der Waals surface area contributed by atoms with E-state index in [9.17, 15) is 13.2 Å². The van der Waals surface area contributed by atoms with Gasteiger partial charge in [0.15, 0.2) is 17.3 Å². The molecule has 0 radical (unpaired) electrons. The van der Waals surface area contributed by atoms with Crippen LogP contribution in [0.2, 0.25) is 0 Å². The second kappa shape index (κ2) is 9.05. The standard InChI is InChI=1S/C27H20F3N7/c28-27(29,30)19-12-10-17(11-13-19)15-37-16-32-23-25(31-14-22-33-20-8-4-5-9-21(20)34-22)35-24(36-26(23)37)18-6-2-1-3-7-18/h1-13,16H,14-15H2,(H,33,34)(H,31,35,36). The summed E-state index contributed by atoms with van der Waals surface area (Å²) in [5.74, 6) is 1.79. The zero-order valence-corrected chi connectivity index (χ0v) is 19.4. The largest absolute Gasteiger partial charge is 0.416 e. The van der Waals surface area contributed by atoms with Crippen molar-refractivity contribution in [2.75, 3.05) is 5.32 Å². The van der Waals surface area contributed by atoms with Gasteiger partial charge < -0.3 is 14.9 Å². The second-order valence-corrected chi connectivity index (χ2v) is 8.56. The maximum Gasteiger partial charge on any atom is 0.416 e. The molecule has 10 heteroatoms. The summed E-state index contributed by atoms with van der Waals surface area (Å²) >= 11 is 0. The SMILES string of the molecule is FC(F)(F)c1ccc(Cn2cnc3c(NCc4nc5ccccc5[nH]4)nc(-c4ccccc4)nc32)cc1. The molecular weight excluding hydrogens is 479 g/mol. The zero-order valence-electron chi connectivity index (χ0n) is 19.4. The lowest BCUT2D eigenvalue weighted by atomic mass is 10.1. The van der Waals surface area contributed by atoms with Crippen molar-refractivity contribution in [3.63, 3.8) is 0 Å². The molecule has 0 aliphatic carbocycles. The third-order valence-electron chi connectivity index (χ3n) is 5.99. The average molecular weight is 500 g/mol. The number of halogens is 3. The number of nitrogens with zero attached hydrogens (tertiary/aromatic N) is 5. The molecule has 0 saturated heterocycles. The average Bonchev–Trinajstić information content (AvgIpc) is 3.51. The van der Waals surface area contributed by atoms with E-state index < -0.39 is 11.7 Å². The van der Waals surface area contributed by atoms with Crippen molar-refractivity contribution in [2.24, 2.45) is 0 Å². The fraction of sp³-hybridized carbons (Fsp3) is 0.111. The first-order valence-electron chi connectivity index (χ1n) is 11.6. The molecule has 37 heavy (non-hydrogen) atoms. The predicted molar refractivity (Wildman–Crippen MR) is 135 cm³/mol. The van der Waals surface area contributed by atoms with Gasteiger partial charge in [-0.1, -0.05) is 54.6 Å². The lowest BCUT2D eigenvalue weighted by molar-refractivity contribution is -0.137. The summed E-state index contributed by atoms with van der Waals surface area (Å²) in [7, 11) is 0. The van der Waals surface area contributed by atoms with E-state index in [1.165, 1.54) is 12.1 Å². The van der Waals surface area contributed by atoms with E-state index >= 15 is 0 Å². The highest BCUT2D eigenvalue weighted by atomic mass is 19.4. The van der Waals surface area contributed by atoms with E-state index in [0.29, 0.717) is 41.5 Å². The molecule has 2 N–H and O–H groups in total. The molecule has 3 heterocycles. The molecule has 0 saturated carbocycles. The molecule has 0 unspecified atom stereocenters. The molecule has 0 aliphatic heterocycles. The number of alkyl halides is 3. The summed E-state index contributed by atoms with van der Waals surface area (Å²) in [6.07, 6.45) is -2.75. The van der Waals surface area contributed by atoms with Crippen LogP contribution in [-0.2, 0) is 19.3 Å². The summed E-state index contributed by atoms with van der Waals surface area (Å²) in [6.45, 7) is 0.698. The molecule has 0 spiro atoms. The Hall–Kier alpha value is -4.73. The van der Waals surface area contributed by atoms with Crippen LogP contribution in [-0.4, -0.2) is 29.5 Å². The minimum Gasteiger partial charge on any atom is -0.361 e. The molecule has 7 nitrogen and oxygen atoms in total. The van der Waals surface area contributed by atoms with Gasteiger partial charge in [-0.05, 0) is 29.8 Å². The molecule has 184 valence electrons. The van der Waals surface area contributed by atoms with Gasteiger partial charge in [0.1, 0.15) is 11.3 Å². The number of imidazole rings is 2. The number of hydrogen-bond donors (Lipinski definition) is 2. The van der Waals surface area contributed by atoms with Gasteiger partial charge >= 0.3 is 6.18 Å². The minimum atomic E-state index is -4.38. The van der Waals surface area contributed by atoms with Crippen LogP contribution in [0.4, 0.5) is 19.0 Å². The lowest BCUT2D eigenvalue weighted by Gasteiger charge is -2.10. The normalized spacial score (nSPS) is 11.9. The van der Waals surface area contributed by atoms with Gasteiger partial charge in [0.2, 0.25) is 0 Å². The molecule has 0 bridgehead atoms. The highest BCUT2D eigenvalue weighted by Gasteiger charge is 2.30. The Morgan fingerprint density at radius 1 is 0.838 bits per heavy atom. The number of nitrogens with one attached hydrogen (secondary N) is 2. The topological polar surface area (TPSA) is 84.3 Å². The van der Waals surface area contributed by atoms with Crippen molar-refractivity contribution in [3.8, 4) is 11.4 Å². The van der Waals surface area contributed by atoms with Gasteiger partial charge in [-0.15, -0.1) is 0 Å². The number of para-hydroxylation sites is 2. The Kier molecular flexibility index (Phi) is 5.56. The van der Waals surface area contributed by atoms with Crippen LogP contribution < -0.4 is 5.32 Å². The van der Waals surface area contributed by atoms with Crippen molar-refractivity contribution in [3.05, 3.63) is 102 Å². The van der Waals surface area contributed by atoms with Crippen molar-refractivity contribution >= 4 is 28.0 Å². The fourth-order valence-electron chi connectivity index (χ4n) is 4.15. The van der Waals surface area contributed by atoms with Crippen LogP contribution in [0.5, 0.6) is 0 Å². The van der Waals surface area contributed by atoms with E-state index in [2.05, 4.69) is 20.3 Å². The monoisotopic (exact) mass is 499 g/mol. The first-order valence-corrected chi connectivity index (χ1v) is 11.6. The van der Waals surface area contributed by atoms with Gasteiger partial charge in [-0.3, -0.25) is 0 Å². The number of benzene rings is 3. The van der Waals surface area contributed by atoms with Crippen molar-refractivity contribution in [1.82, 2.24) is 29.5 Å². The van der Waals surface area contributed by atoms with Gasteiger partial charge in [0.25, 0.3) is 0 Å². The molecule has 0 fully saturated rings. The third-order valence-corrected chi connectivity index (χ3v) is 5.99. The van der Waals surface area contributed by atoms with Gasteiger partial charge in [-0.2, -0.15) is 13.2 Å². The molecule has 6 aromatic rings. The number of aromatic nitrogens is 6. The minimum absolute atomic E-state index is 0.308. The highest BCUT2D eigenvalue weighted by Crippen LogP contribution is 2.30. The third kappa shape index (κ3) is 4.61. The van der Waals surface area contributed by atoms with Crippen molar-refractivity contribution < 1.29 is 13.2 Å². The summed E-state index contributed by atoms with van der Waals surface area (Å²) in [5, 5.41) is 3.33. The number of aromatic amines is 1. The van der Waals surface area contributed by atoms with Crippen LogP contribution in [0.15, 0.2) is 85.2 Å². The Labute approximate surface area is 209 Å². The quantitative estimate of drug-likeness (QED) is 0.292. The predicted octanol–water partition coefficient (Wildman–Crippen LogP) is 6.05. The van der Waals surface area contributed by atoms with E-state index in [0.717, 1.165) is 34.6 Å². The summed E-state index contributed by atoms with van der Waals surface area (Å²) in [4.78, 5) is 21.9. The van der Waals surface area contributed by atoms with Crippen LogP contribution in [0, 0.1) is 0 Å². The summed E-state index contributed by atoms with van der Waals surface area (Å²) < 4.78 is 40.7. The fourth-order valence-corrected chi connectivity index (χ4v) is 4.15. The molecule has 3 aromatic carbocycles. The molecular formula is C27H20F3N7. The second-order valence-electron chi connectivity index (χ2n) is 8.56. The Bertz CT molecular complexity index is 1650. The van der Waals surface area contributed by atoms with Crippen LogP contribution in [0.25, 0.3) is 33.6 Å². The maximum absolute atomic E-state index is 13.0. The number of anilines is 1. The molecule has 0 atom stereocenters. The van der Waals surface area contributed by atoms with Gasteiger partial charge in [-0.25, -0.2) is 19.9 Å².